The number of carbonyl (C=O) groups is 1. The topological polar surface area (TPSA) is 84.2 Å². The van der Waals surface area contributed by atoms with Crippen LogP contribution in [0.3, 0.4) is 0 Å². The second-order valence-corrected chi connectivity index (χ2v) is 6.94. The third-order valence-corrected chi connectivity index (χ3v) is 4.75. The highest BCUT2D eigenvalue weighted by atomic mass is 19.1. The van der Waals surface area contributed by atoms with E-state index >= 15 is 4.39 Å². The van der Waals surface area contributed by atoms with E-state index in [1.54, 1.807) is 24.8 Å². The van der Waals surface area contributed by atoms with Crippen molar-refractivity contribution >= 4 is 11.7 Å². The van der Waals surface area contributed by atoms with E-state index in [0.29, 0.717) is 41.7 Å². The monoisotopic (exact) mass is 361 g/mol. The SMILES string of the molecule is Cc1cc(NCC2(F)CCN(C(=O)c3c(C)noc3C)CC2)nc(C)n1. The first kappa shape index (κ1) is 18.3. The van der Waals surface area contributed by atoms with E-state index < -0.39 is 5.67 Å². The van der Waals surface area contributed by atoms with E-state index in [1.807, 2.05) is 13.8 Å². The zero-order valence-electron chi connectivity index (χ0n) is 15.6. The van der Waals surface area contributed by atoms with Crippen LogP contribution in [0.4, 0.5) is 10.2 Å². The summed E-state index contributed by atoms with van der Waals surface area (Å²) in [5.74, 6) is 1.64. The lowest BCUT2D eigenvalue weighted by Crippen LogP contribution is -2.47. The summed E-state index contributed by atoms with van der Waals surface area (Å²) in [6, 6.07) is 1.80. The van der Waals surface area contributed by atoms with E-state index in [9.17, 15) is 4.79 Å². The summed E-state index contributed by atoms with van der Waals surface area (Å²) in [6.07, 6.45) is 0.552. The molecule has 1 amide bonds. The van der Waals surface area contributed by atoms with Crippen molar-refractivity contribution in [2.75, 3.05) is 25.0 Å². The standard InChI is InChI=1S/C18H24FN5O2/c1-11-9-15(22-14(4)21-11)20-10-18(19)5-7-24(8-6-18)17(25)16-12(2)23-26-13(16)3/h9H,5-8,10H2,1-4H3,(H,20,21,22). The second kappa shape index (κ2) is 7.01. The first-order chi connectivity index (χ1) is 12.3. The highest BCUT2D eigenvalue weighted by Gasteiger charge is 2.37. The van der Waals surface area contributed by atoms with Crippen molar-refractivity contribution in [3.63, 3.8) is 0 Å². The van der Waals surface area contributed by atoms with Gasteiger partial charge in [0.15, 0.2) is 0 Å². The molecule has 1 N–H and O–H groups in total. The van der Waals surface area contributed by atoms with Crippen LogP contribution in [0.2, 0.25) is 0 Å². The van der Waals surface area contributed by atoms with Crippen molar-refractivity contribution in [1.82, 2.24) is 20.0 Å². The highest BCUT2D eigenvalue weighted by Crippen LogP contribution is 2.28. The van der Waals surface area contributed by atoms with Gasteiger partial charge in [-0.25, -0.2) is 14.4 Å². The van der Waals surface area contributed by atoms with Gasteiger partial charge in [0, 0.05) is 37.7 Å². The number of carbonyl (C=O) groups excluding carboxylic acids is 1. The van der Waals surface area contributed by atoms with Crippen LogP contribution in [0.15, 0.2) is 10.6 Å². The van der Waals surface area contributed by atoms with Crippen LogP contribution in [0.1, 0.15) is 46.2 Å². The third-order valence-electron chi connectivity index (χ3n) is 4.75. The summed E-state index contributed by atoms with van der Waals surface area (Å²) in [5, 5.41) is 6.89. The minimum Gasteiger partial charge on any atom is -0.367 e. The third kappa shape index (κ3) is 3.84. The lowest BCUT2D eigenvalue weighted by atomic mass is 9.92. The number of nitrogens with one attached hydrogen (secondary N) is 1. The lowest BCUT2D eigenvalue weighted by molar-refractivity contribution is 0.0481. The molecular formula is C18H24FN5O2. The number of amides is 1. The lowest BCUT2D eigenvalue weighted by Gasteiger charge is -2.36. The maximum atomic E-state index is 15.1. The van der Waals surface area contributed by atoms with Gasteiger partial charge in [0.05, 0.1) is 12.2 Å². The fourth-order valence-corrected chi connectivity index (χ4v) is 3.29. The Hall–Kier alpha value is -2.51. The number of hydrogen-bond acceptors (Lipinski definition) is 6. The number of halogens is 1. The Morgan fingerprint density at radius 1 is 1.27 bits per heavy atom. The number of aromatic nitrogens is 3. The normalized spacial score (nSPS) is 16.6. The number of aryl methyl sites for hydroxylation is 4. The minimum absolute atomic E-state index is 0.140. The Morgan fingerprint density at radius 3 is 2.54 bits per heavy atom. The van der Waals surface area contributed by atoms with Gasteiger partial charge in [-0.2, -0.15) is 0 Å². The Bertz CT molecular complexity index is 772. The Labute approximate surface area is 152 Å². The highest BCUT2D eigenvalue weighted by molar-refractivity contribution is 5.96. The summed E-state index contributed by atoms with van der Waals surface area (Å²) < 4.78 is 20.2. The Morgan fingerprint density at radius 2 is 1.96 bits per heavy atom. The van der Waals surface area contributed by atoms with Gasteiger partial charge in [-0.1, -0.05) is 5.16 Å². The largest absolute Gasteiger partial charge is 0.367 e. The molecule has 0 bridgehead atoms. The van der Waals surface area contributed by atoms with Crippen molar-refractivity contribution in [2.45, 2.75) is 46.2 Å². The van der Waals surface area contributed by atoms with Gasteiger partial charge in [-0.15, -0.1) is 0 Å². The van der Waals surface area contributed by atoms with Gasteiger partial charge < -0.3 is 14.7 Å². The van der Waals surface area contributed by atoms with E-state index in [0.717, 1.165) is 5.69 Å². The smallest absolute Gasteiger partial charge is 0.259 e. The number of rotatable bonds is 4. The van der Waals surface area contributed by atoms with E-state index in [-0.39, 0.29) is 25.3 Å². The zero-order valence-corrected chi connectivity index (χ0v) is 15.6. The van der Waals surface area contributed by atoms with Gasteiger partial charge in [0.25, 0.3) is 5.91 Å². The van der Waals surface area contributed by atoms with Gasteiger partial charge in [-0.3, -0.25) is 4.79 Å². The molecule has 1 aliphatic rings. The molecule has 0 aliphatic carbocycles. The molecule has 2 aromatic heterocycles. The van der Waals surface area contributed by atoms with Gasteiger partial charge in [-0.05, 0) is 27.7 Å². The molecule has 26 heavy (non-hydrogen) atoms. The fraction of sp³-hybridized carbons (Fsp3) is 0.556. The van der Waals surface area contributed by atoms with Crippen molar-refractivity contribution < 1.29 is 13.7 Å². The predicted molar refractivity (Wildman–Crippen MR) is 94.9 cm³/mol. The second-order valence-electron chi connectivity index (χ2n) is 6.94. The molecule has 2 aromatic rings. The Kier molecular flexibility index (Phi) is 4.93. The molecule has 0 spiro atoms. The maximum absolute atomic E-state index is 15.1. The number of likely N-dealkylation sites (tertiary alicyclic amines) is 1. The van der Waals surface area contributed by atoms with E-state index in [4.69, 9.17) is 4.52 Å². The summed E-state index contributed by atoms with van der Waals surface area (Å²) in [4.78, 5) is 22.8. The number of hydrogen-bond donors (Lipinski definition) is 1. The molecule has 0 radical (unpaired) electrons. The molecule has 1 fully saturated rings. The van der Waals surface area contributed by atoms with Crippen LogP contribution in [-0.4, -0.2) is 51.2 Å². The van der Waals surface area contributed by atoms with Crippen molar-refractivity contribution in [3.8, 4) is 0 Å². The van der Waals surface area contributed by atoms with E-state index in [1.165, 1.54) is 0 Å². The van der Waals surface area contributed by atoms with Crippen molar-refractivity contribution in [3.05, 3.63) is 34.6 Å². The van der Waals surface area contributed by atoms with Gasteiger partial charge >= 0.3 is 0 Å². The molecule has 1 saturated heterocycles. The number of alkyl halides is 1. The van der Waals surface area contributed by atoms with Crippen LogP contribution in [-0.2, 0) is 0 Å². The molecule has 7 nitrogen and oxygen atoms in total. The number of nitrogens with zero attached hydrogens (tertiary/aromatic N) is 4. The summed E-state index contributed by atoms with van der Waals surface area (Å²) in [5.41, 5.74) is 0.525. The molecule has 140 valence electrons. The number of piperidine rings is 1. The van der Waals surface area contributed by atoms with Gasteiger partial charge in [0.1, 0.15) is 28.6 Å². The van der Waals surface area contributed by atoms with Crippen LogP contribution in [0.5, 0.6) is 0 Å². The predicted octanol–water partition coefficient (Wildman–Crippen LogP) is 2.75. The summed E-state index contributed by atoms with van der Waals surface area (Å²) in [7, 11) is 0. The molecule has 0 atom stereocenters. The van der Waals surface area contributed by atoms with Crippen LogP contribution in [0, 0.1) is 27.7 Å². The van der Waals surface area contributed by atoms with E-state index in [2.05, 4.69) is 20.4 Å². The molecule has 0 aromatic carbocycles. The quantitative estimate of drug-likeness (QED) is 0.901. The molecule has 0 saturated carbocycles. The van der Waals surface area contributed by atoms with Crippen molar-refractivity contribution in [2.24, 2.45) is 0 Å². The average Bonchev–Trinajstić information content (AvgIpc) is 2.91. The van der Waals surface area contributed by atoms with Crippen LogP contribution in [0.25, 0.3) is 0 Å². The summed E-state index contributed by atoms with van der Waals surface area (Å²) in [6.45, 7) is 8.03. The molecule has 1 aliphatic heterocycles. The molecule has 3 rings (SSSR count). The zero-order chi connectivity index (χ0) is 18.9. The molecular weight excluding hydrogens is 337 g/mol. The summed E-state index contributed by atoms with van der Waals surface area (Å²) >= 11 is 0. The maximum Gasteiger partial charge on any atom is 0.259 e. The minimum atomic E-state index is -1.37. The first-order valence-electron chi connectivity index (χ1n) is 8.75. The molecule has 8 heteroatoms. The van der Waals surface area contributed by atoms with Gasteiger partial charge in [0.2, 0.25) is 0 Å². The Balaban J connectivity index is 1.59. The number of anilines is 1. The van der Waals surface area contributed by atoms with Crippen molar-refractivity contribution in [1.29, 1.82) is 0 Å². The average molecular weight is 361 g/mol. The molecule has 3 heterocycles. The first-order valence-corrected chi connectivity index (χ1v) is 8.75. The van der Waals surface area contributed by atoms with Crippen LogP contribution >= 0.6 is 0 Å². The fourth-order valence-electron chi connectivity index (χ4n) is 3.29. The molecule has 0 unspecified atom stereocenters. The van der Waals surface area contributed by atoms with Crippen LogP contribution < -0.4 is 5.32 Å².